The highest BCUT2D eigenvalue weighted by atomic mass is 32.2. The van der Waals surface area contributed by atoms with Gasteiger partial charge in [0.15, 0.2) is 0 Å². The van der Waals surface area contributed by atoms with Crippen LogP contribution in [0, 0.1) is 0 Å². The van der Waals surface area contributed by atoms with Gasteiger partial charge in [0.2, 0.25) is 0 Å². The Morgan fingerprint density at radius 3 is 2.85 bits per heavy atom. The highest BCUT2D eigenvalue weighted by molar-refractivity contribution is 7.98. The third kappa shape index (κ3) is 3.46. The molecule has 2 N–H and O–H groups in total. The summed E-state index contributed by atoms with van der Waals surface area (Å²) in [7, 11) is 0. The minimum Gasteiger partial charge on any atom is -0.478 e. The molecule has 1 aliphatic rings. The van der Waals surface area contributed by atoms with Gasteiger partial charge in [0.05, 0.1) is 16.9 Å². The smallest absolute Gasteiger partial charge is 0.338 e. The van der Waals surface area contributed by atoms with Crippen molar-refractivity contribution in [2.75, 3.05) is 18.2 Å². The van der Waals surface area contributed by atoms with Crippen molar-refractivity contribution in [3.05, 3.63) is 23.8 Å². The molecule has 1 aliphatic heterocycles. The zero-order chi connectivity index (χ0) is 14.8. The first-order chi connectivity index (χ1) is 9.43. The number of ether oxygens (including phenoxy) is 1. The van der Waals surface area contributed by atoms with E-state index in [1.165, 1.54) is 11.8 Å². The maximum absolute atomic E-state index is 11.5. The van der Waals surface area contributed by atoms with Gasteiger partial charge in [0, 0.05) is 17.5 Å². The Morgan fingerprint density at radius 1 is 1.50 bits per heavy atom. The molecule has 4 nitrogen and oxygen atoms in total. The van der Waals surface area contributed by atoms with Gasteiger partial charge in [-0.3, -0.25) is 0 Å². The van der Waals surface area contributed by atoms with Crippen molar-refractivity contribution >= 4 is 23.4 Å². The average molecular weight is 295 g/mol. The van der Waals surface area contributed by atoms with E-state index in [0.29, 0.717) is 17.9 Å². The Hall–Kier alpha value is -1.20. The summed E-state index contributed by atoms with van der Waals surface area (Å²) in [6.07, 6.45) is 3.66. The summed E-state index contributed by atoms with van der Waals surface area (Å²) in [6.45, 7) is 4.84. The minimum absolute atomic E-state index is 0.156. The van der Waals surface area contributed by atoms with E-state index in [9.17, 15) is 9.90 Å². The van der Waals surface area contributed by atoms with Gasteiger partial charge in [-0.2, -0.15) is 0 Å². The van der Waals surface area contributed by atoms with Crippen molar-refractivity contribution in [3.8, 4) is 0 Å². The van der Waals surface area contributed by atoms with Crippen LogP contribution >= 0.6 is 11.8 Å². The molecule has 0 saturated carbocycles. The third-order valence-electron chi connectivity index (χ3n) is 3.52. The van der Waals surface area contributed by atoms with Crippen LogP contribution in [0.4, 0.5) is 5.69 Å². The fourth-order valence-corrected chi connectivity index (χ4v) is 3.23. The number of carbonyl (C=O) groups is 1. The standard InChI is InChI=1S/C15H21NO3S/c1-15(2)9-10(7-8-19-15)16-11-5-4-6-12(20-3)13(11)14(17)18/h4-6,10,16H,7-9H2,1-3H3,(H,17,18). The SMILES string of the molecule is CSc1cccc(NC2CCOC(C)(C)C2)c1C(=O)O. The molecule has 0 aromatic heterocycles. The molecule has 20 heavy (non-hydrogen) atoms. The van der Waals surface area contributed by atoms with Crippen LogP contribution in [-0.2, 0) is 4.74 Å². The second-order valence-corrected chi connectivity index (χ2v) is 6.48. The zero-order valence-corrected chi connectivity index (χ0v) is 12.9. The lowest BCUT2D eigenvalue weighted by Crippen LogP contribution is -2.40. The van der Waals surface area contributed by atoms with Gasteiger partial charge in [0.1, 0.15) is 0 Å². The molecule has 1 unspecified atom stereocenters. The van der Waals surface area contributed by atoms with Crippen molar-refractivity contribution in [3.63, 3.8) is 0 Å². The Kier molecular flexibility index (Phi) is 4.60. The van der Waals surface area contributed by atoms with Crippen LogP contribution in [-0.4, -0.2) is 35.6 Å². The fourth-order valence-electron chi connectivity index (χ4n) is 2.62. The number of hydrogen-bond donors (Lipinski definition) is 2. The van der Waals surface area contributed by atoms with Crippen molar-refractivity contribution in [2.45, 2.75) is 43.2 Å². The van der Waals surface area contributed by atoms with Crippen LogP contribution in [0.2, 0.25) is 0 Å². The molecule has 1 aromatic carbocycles. The van der Waals surface area contributed by atoms with Gasteiger partial charge in [-0.1, -0.05) is 6.07 Å². The molecule has 110 valence electrons. The first kappa shape index (κ1) is 15.2. The van der Waals surface area contributed by atoms with Crippen LogP contribution in [0.15, 0.2) is 23.1 Å². The van der Waals surface area contributed by atoms with E-state index in [-0.39, 0.29) is 11.6 Å². The molecule has 0 radical (unpaired) electrons. The molecule has 0 aliphatic carbocycles. The maximum atomic E-state index is 11.5. The summed E-state index contributed by atoms with van der Waals surface area (Å²) in [6, 6.07) is 5.82. The Morgan fingerprint density at radius 2 is 2.25 bits per heavy atom. The van der Waals surface area contributed by atoms with Gasteiger partial charge in [0.25, 0.3) is 0 Å². The van der Waals surface area contributed by atoms with Gasteiger partial charge in [-0.25, -0.2) is 4.79 Å². The molecule has 1 fully saturated rings. The molecule has 2 rings (SSSR count). The molecule has 1 aromatic rings. The summed E-state index contributed by atoms with van der Waals surface area (Å²) in [5.41, 5.74) is 0.910. The summed E-state index contributed by atoms with van der Waals surface area (Å²) in [5, 5.41) is 12.8. The van der Waals surface area contributed by atoms with Gasteiger partial charge in [-0.15, -0.1) is 11.8 Å². The molecule has 1 saturated heterocycles. The van der Waals surface area contributed by atoms with Crippen LogP contribution in [0.1, 0.15) is 37.0 Å². The van der Waals surface area contributed by atoms with E-state index in [1.807, 2.05) is 24.5 Å². The Bertz CT molecular complexity index is 502. The maximum Gasteiger partial charge on any atom is 0.338 e. The van der Waals surface area contributed by atoms with Crippen LogP contribution in [0.5, 0.6) is 0 Å². The number of thioether (sulfide) groups is 1. The fraction of sp³-hybridized carbons (Fsp3) is 0.533. The molecule has 1 atom stereocenters. The summed E-state index contributed by atoms with van der Waals surface area (Å²) >= 11 is 1.45. The number of rotatable bonds is 4. The van der Waals surface area contributed by atoms with E-state index in [4.69, 9.17) is 4.74 Å². The predicted molar refractivity (Wildman–Crippen MR) is 81.9 cm³/mol. The Balaban J connectivity index is 2.23. The first-order valence-corrected chi connectivity index (χ1v) is 7.96. The van der Waals surface area contributed by atoms with E-state index in [2.05, 4.69) is 19.2 Å². The summed E-state index contributed by atoms with van der Waals surface area (Å²) in [5.74, 6) is -0.885. The topological polar surface area (TPSA) is 58.6 Å². The average Bonchev–Trinajstić information content (AvgIpc) is 2.36. The second kappa shape index (κ2) is 6.06. The van der Waals surface area contributed by atoms with Gasteiger partial charge in [-0.05, 0) is 45.1 Å². The molecule has 0 spiro atoms. The summed E-state index contributed by atoms with van der Waals surface area (Å²) in [4.78, 5) is 12.3. The van der Waals surface area contributed by atoms with E-state index in [0.717, 1.165) is 17.7 Å². The quantitative estimate of drug-likeness (QED) is 0.833. The molecule has 5 heteroatoms. The van der Waals surface area contributed by atoms with Crippen molar-refractivity contribution in [2.24, 2.45) is 0 Å². The molecule has 1 heterocycles. The van der Waals surface area contributed by atoms with Gasteiger partial charge < -0.3 is 15.2 Å². The molecule has 0 amide bonds. The summed E-state index contributed by atoms with van der Waals surface area (Å²) < 4.78 is 5.70. The minimum atomic E-state index is -0.885. The predicted octanol–water partition coefficient (Wildman–Crippen LogP) is 3.48. The molecular formula is C15H21NO3S. The number of carboxylic acids is 1. The highest BCUT2D eigenvalue weighted by Gasteiger charge is 2.29. The van der Waals surface area contributed by atoms with Crippen molar-refractivity contribution in [1.29, 1.82) is 0 Å². The number of nitrogens with one attached hydrogen (secondary N) is 1. The normalized spacial score (nSPS) is 21.4. The van der Waals surface area contributed by atoms with Crippen LogP contribution < -0.4 is 5.32 Å². The Labute approximate surface area is 123 Å². The number of hydrogen-bond acceptors (Lipinski definition) is 4. The number of anilines is 1. The molecule has 0 bridgehead atoms. The molecular weight excluding hydrogens is 274 g/mol. The third-order valence-corrected chi connectivity index (χ3v) is 4.30. The lowest BCUT2D eigenvalue weighted by atomic mass is 9.93. The van der Waals surface area contributed by atoms with E-state index >= 15 is 0 Å². The number of benzene rings is 1. The zero-order valence-electron chi connectivity index (χ0n) is 12.1. The number of carboxylic acid groups (broad SMARTS) is 1. The van der Waals surface area contributed by atoms with E-state index in [1.54, 1.807) is 0 Å². The lowest BCUT2D eigenvalue weighted by molar-refractivity contribution is -0.0553. The van der Waals surface area contributed by atoms with E-state index < -0.39 is 5.97 Å². The first-order valence-electron chi connectivity index (χ1n) is 6.74. The van der Waals surface area contributed by atoms with Crippen LogP contribution in [0.3, 0.4) is 0 Å². The van der Waals surface area contributed by atoms with Crippen molar-refractivity contribution < 1.29 is 14.6 Å². The van der Waals surface area contributed by atoms with Gasteiger partial charge >= 0.3 is 5.97 Å². The number of aromatic carboxylic acids is 1. The van der Waals surface area contributed by atoms with Crippen molar-refractivity contribution in [1.82, 2.24) is 0 Å². The monoisotopic (exact) mass is 295 g/mol. The van der Waals surface area contributed by atoms with Crippen LogP contribution in [0.25, 0.3) is 0 Å². The lowest BCUT2D eigenvalue weighted by Gasteiger charge is -2.36. The second-order valence-electron chi connectivity index (χ2n) is 5.63. The highest BCUT2D eigenvalue weighted by Crippen LogP contribution is 2.31. The largest absolute Gasteiger partial charge is 0.478 e.